The number of H-pyrrole nitrogens is 1. The van der Waals surface area contributed by atoms with Crippen molar-refractivity contribution in [3.63, 3.8) is 0 Å². The smallest absolute Gasteiger partial charge is 0.251 e. The molecule has 0 aliphatic heterocycles. The van der Waals surface area contributed by atoms with Crippen molar-refractivity contribution in [2.75, 3.05) is 11.9 Å². The Balaban J connectivity index is 2.48. The lowest BCUT2D eigenvalue weighted by Crippen LogP contribution is -2.21. The van der Waals surface area contributed by atoms with E-state index in [2.05, 4.69) is 15.5 Å². The number of hydrogen-bond donors (Lipinski definition) is 2. The second kappa shape index (κ2) is 4.93. The van der Waals surface area contributed by atoms with Crippen LogP contribution in [0.5, 0.6) is 0 Å². The highest BCUT2D eigenvalue weighted by molar-refractivity contribution is 5.91. The summed E-state index contributed by atoms with van der Waals surface area (Å²) in [6.45, 7) is 7.64. The lowest BCUT2D eigenvalue weighted by atomic mass is 10.3. The standard InChI is InChI=1S/C10H17N3O2/c1-6(2)15-5-9(14)11-10-7(3)8(4)12-13-10/h6H,5H2,1-4H3,(H2,11,12,13,14). The van der Waals surface area contributed by atoms with Crippen LogP contribution in [0.4, 0.5) is 5.82 Å². The normalized spacial score (nSPS) is 10.7. The van der Waals surface area contributed by atoms with Crippen molar-refractivity contribution in [1.82, 2.24) is 10.2 Å². The third-order valence-corrected chi connectivity index (χ3v) is 2.06. The van der Waals surface area contributed by atoms with Crippen molar-refractivity contribution < 1.29 is 9.53 Å². The molecule has 0 aliphatic rings. The molecule has 1 rings (SSSR count). The van der Waals surface area contributed by atoms with E-state index in [0.717, 1.165) is 11.3 Å². The number of anilines is 1. The molecule has 5 nitrogen and oxygen atoms in total. The molecule has 1 aromatic rings. The highest BCUT2D eigenvalue weighted by atomic mass is 16.5. The van der Waals surface area contributed by atoms with Gasteiger partial charge >= 0.3 is 0 Å². The number of carbonyl (C=O) groups is 1. The van der Waals surface area contributed by atoms with Crippen LogP contribution in [0.3, 0.4) is 0 Å². The van der Waals surface area contributed by atoms with E-state index >= 15 is 0 Å². The predicted molar refractivity (Wildman–Crippen MR) is 57.8 cm³/mol. The molecule has 0 bridgehead atoms. The molecule has 0 aliphatic carbocycles. The van der Waals surface area contributed by atoms with Crippen LogP contribution in [0, 0.1) is 13.8 Å². The number of nitrogens with one attached hydrogen (secondary N) is 2. The summed E-state index contributed by atoms with van der Waals surface area (Å²) in [5, 5.41) is 9.45. The Morgan fingerprint density at radius 2 is 2.20 bits per heavy atom. The van der Waals surface area contributed by atoms with E-state index in [0.29, 0.717) is 5.82 Å². The van der Waals surface area contributed by atoms with Crippen molar-refractivity contribution in [2.45, 2.75) is 33.8 Å². The molecular formula is C10H17N3O2. The molecule has 1 amide bonds. The minimum Gasteiger partial charge on any atom is -0.369 e. The Bertz CT molecular complexity index is 344. The van der Waals surface area contributed by atoms with Gasteiger partial charge in [0, 0.05) is 11.3 Å². The summed E-state index contributed by atoms with van der Waals surface area (Å²) in [7, 11) is 0. The molecule has 1 heterocycles. The van der Waals surface area contributed by atoms with E-state index in [1.165, 1.54) is 0 Å². The zero-order chi connectivity index (χ0) is 11.4. The average Bonchev–Trinajstić information content (AvgIpc) is 2.47. The molecule has 0 fully saturated rings. The highest BCUT2D eigenvalue weighted by Crippen LogP contribution is 2.13. The van der Waals surface area contributed by atoms with Gasteiger partial charge in [0.1, 0.15) is 6.61 Å². The first-order valence-electron chi connectivity index (χ1n) is 4.93. The second-order valence-electron chi connectivity index (χ2n) is 3.73. The van der Waals surface area contributed by atoms with Crippen molar-refractivity contribution in [1.29, 1.82) is 0 Å². The SMILES string of the molecule is Cc1[nH]nc(NC(=O)COC(C)C)c1C. The van der Waals surface area contributed by atoms with E-state index in [4.69, 9.17) is 4.74 Å². The van der Waals surface area contributed by atoms with E-state index in [-0.39, 0.29) is 18.6 Å². The van der Waals surface area contributed by atoms with Gasteiger partial charge in [-0.25, -0.2) is 0 Å². The number of aryl methyl sites for hydroxylation is 1. The number of ether oxygens (including phenoxy) is 1. The first-order valence-corrected chi connectivity index (χ1v) is 4.93. The number of aromatic nitrogens is 2. The molecular weight excluding hydrogens is 194 g/mol. The van der Waals surface area contributed by atoms with E-state index < -0.39 is 0 Å². The predicted octanol–water partition coefficient (Wildman–Crippen LogP) is 1.39. The van der Waals surface area contributed by atoms with E-state index in [1.807, 2.05) is 27.7 Å². The fourth-order valence-corrected chi connectivity index (χ4v) is 1.02. The highest BCUT2D eigenvalue weighted by Gasteiger charge is 2.09. The molecule has 2 N–H and O–H groups in total. The number of rotatable bonds is 4. The molecule has 84 valence electrons. The van der Waals surface area contributed by atoms with Gasteiger partial charge in [-0.3, -0.25) is 9.89 Å². The van der Waals surface area contributed by atoms with Gasteiger partial charge in [0.25, 0.3) is 5.91 Å². The molecule has 0 saturated carbocycles. The van der Waals surface area contributed by atoms with Crippen molar-refractivity contribution in [2.24, 2.45) is 0 Å². The van der Waals surface area contributed by atoms with Crippen LogP contribution in [0.25, 0.3) is 0 Å². The lowest BCUT2D eigenvalue weighted by molar-refractivity contribution is -0.121. The maximum Gasteiger partial charge on any atom is 0.251 e. The number of nitrogens with zero attached hydrogens (tertiary/aromatic N) is 1. The summed E-state index contributed by atoms with van der Waals surface area (Å²) in [6.07, 6.45) is 0.0535. The summed E-state index contributed by atoms with van der Waals surface area (Å²) in [5.74, 6) is 0.392. The van der Waals surface area contributed by atoms with Crippen LogP contribution in [0.2, 0.25) is 0 Å². The summed E-state index contributed by atoms with van der Waals surface area (Å²) in [5.41, 5.74) is 1.91. The largest absolute Gasteiger partial charge is 0.369 e. The second-order valence-corrected chi connectivity index (χ2v) is 3.73. The summed E-state index contributed by atoms with van der Waals surface area (Å²) in [6, 6.07) is 0. The van der Waals surface area contributed by atoms with Crippen molar-refractivity contribution in [3.05, 3.63) is 11.3 Å². The third-order valence-electron chi connectivity index (χ3n) is 2.06. The van der Waals surface area contributed by atoms with Crippen LogP contribution in [0.1, 0.15) is 25.1 Å². The molecule has 0 atom stereocenters. The minimum atomic E-state index is -0.182. The summed E-state index contributed by atoms with van der Waals surface area (Å²) < 4.78 is 5.17. The van der Waals surface area contributed by atoms with Gasteiger partial charge < -0.3 is 10.1 Å². The number of hydrogen-bond acceptors (Lipinski definition) is 3. The topological polar surface area (TPSA) is 67.0 Å². The fraction of sp³-hybridized carbons (Fsp3) is 0.600. The molecule has 1 aromatic heterocycles. The fourth-order valence-electron chi connectivity index (χ4n) is 1.02. The Hall–Kier alpha value is -1.36. The van der Waals surface area contributed by atoms with Gasteiger partial charge in [0.05, 0.1) is 6.10 Å². The zero-order valence-corrected chi connectivity index (χ0v) is 9.55. The van der Waals surface area contributed by atoms with Gasteiger partial charge in [0.2, 0.25) is 0 Å². The number of aromatic amines is 1. The Morgan fingerprint density at radius 1 is 1.53 bits per heavy atom. The van der Waals surface area contributed by atoms with Crippen molar-refractivity contribution >= 4 is 11.7 Å². The maximum atomic E-state index is 11.4. The minimum absolute atomic E-state index is 0.0535. The van der Waals surface area contributed by atoms with Gasteiger partial charge in [0.15, 0.2) is 5.82 Å². The van der Waals surface area contributed by atoms with Crippen LogP contribution in [-0.2, 0) is 9.53 Å². The molecule has 0 spiro atoms. The van der Waals surface area contributed by atoms with Gasteiger partial charge in [-0.05, 0) is 27.7 Å². The molecule has 0 aromatic carbocycles. The quantitative estimate of drug-likeness (QED) is 0.790. The number of carbonyl (C=O) groups excluding carboxylic acids is 1. The Kier molecular flexibility index (Phi) is 3.85. The molecule has 5 heteroatoms. The Labute approximate surface area is 89.2 Å². The zero-order valence-electron chi connectivity index (χ0n) is 9.55. The first-order chi connectivity index (χ1) is 7.00. The Morgan fingerprint density at radius 3 is 2.67 bits per heavy atom. The summed E-state index contributed by atoms with van der Waals surface area (Å²) in [4.78, 5) is 11.4. The van der Waals surface area contributed by atoms with E-state index in [1.54, 1.807) is 0 Å². The van der Waals surface area contributed by atoms with Gasteiger partial charge in [-0.1, -0.05) is 0 Å². The molecule has 0 radical (unpaired) electrons. The lowest BCUT2D eigenvalue weighted by Gasteiger charge is -2.07. The molecule has 0 saturated heterocycles. The van der Waals surface area contributed by atoms with E-state index in [9.17, 15) is 4.79 Å². The van der Waals surface area contributed by atoms with Crippen LogP contribution in [0.15, 0.2) is 0 Å². The van der Waals surface area contributed by atoms with Crippen LogP contribution >= 0.6 is 0 Å². The molecule has 15 heavy (non-hydrogen) atoms. The monoisotopic (exact) mass is 211 g/mol. The number of amides is 1. The third kappa shape index (κ3) is 3.36. The first kappa shape index (κ1) is 11.7. The van der Waals surface area contributed by atoms with Gasteiger partial charge in [-0.2, -0.15) is 5.10 Å². The van der Waals surface area contributed by atoms with Crippen LogP contribution < -0.4 is 5.32 Å². The summed E-state index contributed by atoms with van der Waals surface area (Å²) >= 11 is 0. The van der Waals surface area contributed by atoms with Crippen LogP contribution in [-0.4, -0.2) is 28.8 Å². The van der Waals surface area contributed by atoms with Gasteiger partial charge in [-0.15, -0.1) is 0 Å². The van der Waals surface area contributed by atoms with Crippen molar-refractivity contribution in [3.8, 4) is 0 Å². The molecule has 0 unspecified atom stereocenters. The average molecular weight is 211 g/mol. The maximum absolute atomic E-state index is 11.4.